The van der Waals surface area contributed by atoms with E-state index in [4.69, 9.17) is 9.47 Å². The fraction of sp³-hybridized carbons (Fsp3) is 0.381. The van der Waals surface area contributed by atoms with Gasteiger partial charge in [-0.25, -0.2) is 4.79 Å². The maximum Gasteiger partial charge on any atom is 0.315 e. The average Bonchev–Trinajstić information content (AvgIpc) is 2.72. The zero-order chi connectivity index (χ0) is 18.9. The summed E-state index contributed by atoms with van der Waals surface area (Å²) in [5, 5.41) is 9.22. The van der Waals surface area contributed by atoms with Gasteiger partial charge in [-0.15, -0.1) is 12.4 Å². The van der Waals surface area contributed by atoms with Crippen LogP contribution in [0.2, 0.25) is 0 Å². The van der Waals surface area contributed by atoms with E-state index in [1.165, 1.54) is 0 Å². The normalized spacial score (nSPS) is 13.9. The van der Waals surface area contributed by atoms with Crippen molar-refractivity contribution in [2.75, 3.05) is 20.2 Å². The second kappa shape index (κ2) is 11.4. The fourth-order valence-electron chi connectivity index (χ4n) is 3.06. The smallest absolute Gasteiger partial charge is 0.315 e. The molecule has 0 spiro atoms. The lowest BCUT2D eigenvalue weighted by atomic mass is 10.1. The molecule has 6 nitrogen and oxygen atoms in total. The van der Waals surface area contributed by atoms with Gasteiger partial charge in [0.05, 0.1) is 7.11 Å². The first-order chi connectivity index (χ1) is 13.2. The summed E-state index contributed by atoms with van der Waals surface area (Å²) in [5.41, 5.74) is 2.05. The van der Waals surface area contributed by atoms with E-state index >= 15 is 0 Å². The molecule has 1 aliphatic rings. The van der Waals surface area contributed by atoms with Gasteiger partial charge in [-0.1, -0.05) is 36.4 Å². The monoisotopic (exact) mass is 405 g/mol. The second-order valence-corrected chi connectivity index (χ2v) is 6.61. The van der Waals surface area contributed by atoms with Gasteiger partial charge in [0, 0.05) is 12.6 Å². The maximum absolute atomic E-state index is 12.1. The minimum atomic E-state index is -0.134. The minimum absolute atomic E-state index is 0. The molecule has 1 saturated heterocycles. The average molecular weight is 406 g/mol. The molecule has 0 radical (unpaired) electrons. The summed E-state index contributed by atoms with van der Waals surface area (Å²) < 4.78 is 11.3. The molecule has 2 amide bonds. The summed E-state index contributed by atoms with van der Waals surface area (Å²) in [6.45, 7) is 2.82. The van der Waals surface area contributed by atoms with Gasteiger partial charge in [0.1, 0.15) is 6.61 Å². The van der Waals surface area contributed by atoms with Gasteiger partial charge >= 0.3 is 6.03 Å². The molecule has 1 aliphatic heterocycles. The van der Waals surface area contributed by atoms with Gasteiger partial charge in [0.25, 0.3) is 0 Å². The lowest BCUT2D eigenvalue weighted by Gasteiger charge is -2.23. The van der Waals surface area contributed by atoms with Crippen molar-refractivity contribution in [1.82, 2.24) is 16.0 Å². The maximum atomic E-state index is 12.1. The third-order valence-corrected chi connectivity index (χ3v) is 4.59. The number of ether oxygens (including phenoxy) is 2. The van der Waals surface area contributed by atoms with Crippen LogP contribution >= 0.6 is 12.4 Å². The quantitative estimate of drug-likeness (QED) is 0.661. The summed E-state index contributed by atoms with van der Waals surface area (Å²) in [7, 11) is 1.62. The van der Waals surface area contributed by atoms with Crippen LogP contribution in [0.1, 0.15) is 24.0 Å². The first-order valence-electron chi connectivity index (χ1n) is 9.33. The van der Waals surface area contributed by atoms with Gasteiger partial charge in [-0.2, -0.15) is 0 Å². The van der Waals surface area contributed by atoms with E-state index in [-0.39, 0.29) is 24.5 Å². The molecular weight excluding hydrogens is 378 g/mol. The summed E-state index contributed by atoms with van der Waals surface area (Å²) in [5.74, 6) is 1.34. The predicted molar refractivity (Wildman–Crippen MR) is 112 cm³/mol. The molecule has 1 fully saturated rings. The topological polar surface area (TPSA) is 71.6 Å². The Morgan fingerprint density at radius 3 is 2.54 bits per heavy atom. The number of nitrogens with one attached hydrogen (secondary N) is 3. The van der Waals surface area contributed by atoms with Crippen LogP contribution < -0.4 is 25.4 Å². The van der Waals surface area contributed by atoms with Crippen molar-refractivity contribution in [1.29, 1.82) is 0 Å². The molecule has 2 aromatic rings. The molecule has 3 rings (SSSR count). The second-order valence-electron chi connectivity index (χ2n) is 6.61. The number of rotatable bonds is 7. The van der Waals surface area contributed by atoms with Crippen LogP contribution in [0.25, 0.3) is 0 Å². The van der Waals surface area contributed by atoms with E-state index < -0.39 is 0 Å². The number of amides is 2. The standard InChI is InChI=1S/C21H27N3O3.ClH/c1-26-20-13-17(14-23-21(25)24-18-9-11-22-12-10-18)7-8-19(20)27-15-16-5-3-2-4-6-16;/h2-8,13,18,22H,9-12,14-15H2,1H3,(H2,23,24,25);1H. The SMILES string of the molecule is COc1cc(CNC(=O)NC2CCNCC2)ccc1OCc1ccccc1.Cl. The number of urea groups is 1. The molecule has 1 heterocycles. The molecule has 0 aliphatic carbocycles. The van der Waals surface area contributed by atoms with Crippen molar-refractivity contribution in [3.8, 4) is 11.5 Å². The van der Waals surface area contributed by atoms with Gasteiger partial charge in [-0.3, -0.25) is 0 Å². The molecule has 152 valence electrons. The summed E-state index contributed by atoms with van der Waals surface area (Å²) in [6.07, 6.45) is 1.93. The Morgan fingerprint density at radius 1 is 1.07 bits per heavy atom. The van der Waals surface area contributed by atoms with Crippen LogP contribution in [-0.4, -0.2) is 32.3 Å². The van der Waals surface area contributed by atoms with Crippen LogP contribution in [0, 0.1) is 0 Å². The summed E-state index contributed by atoms with van der Waals surface area (Å²) in [4.78, 5) is 12.1. The highest BCUT2D eigenvalue weighted by Crippen LogP contribution is 2.28. The van der Waals surface area contributed by atoms with Crippen molar-refractivity contribution < 1.29 is 14.3 Å². The Balaban J connectivity index is 0.00000280. The fourth-order valence-corrected chi connectivity index (χ4v) is 3.06. The Kier molecular flexibility index (Phi) is 8.91. The van der Waals surface area contributed by atoms with Gasteiger partial charge in [0.15, 0.2) is 11.5 Å². The third-order valence-electron chi connectivity index (χ3n) is 4.59. The first kappa shape index (κ1) is 21.9. The zero-order valence-corrected chi connectivity index (χ0v) is 16.9. The summed E-state index contributed by atoms with van der Waals surface area (Å²) >= 11 is 0. The molecule has 0 bridgehead atoms. The van der Waals surface area contributed by atoms with E-state index in [0.29, 0.717) is 24.7 Å². The molecule has 28 heavy (non-hydrogen) atoms. The van der Waals surface area contributed by atoms with Crippen molar-refractivity contribution in [2.24, 2.45) is 0 Å². The van der Waals surface area contributed by atoms with Crippen molar-refractivity contribution in [3.63, 3.8) is 0 Å². The largest absolute Gasteiger partial charge is 0.493 e. The van der Waals surface area contributed by atoms with E-state index in [0.717, 1.165) is 37.1 Å². The Hall–Kier alpha value is -2.44. The number of hydrogen-bond acceptors (Lipinski definition) is 4. The van der Waals surface area contributed by atoms with Gasteiger partial charge in [0.2, 0.25) is 0 Å². The molecule has 7 heteroatoms. The van der Waals surface area contributed by atoms with Crippen LogP contribution in [0.4, 0.5) is 4.79 Å². The highest BCUT2D eigenvalue weighted by molar-refractivity contribution is 5.85. The highest BCUT2D eigenvalue weighted by Gasteiger charge is 2.15. The van der Waals surface area contributed by atoms with E-state index in [1.54, 1.807) is 7.11 Å². The van der Waals surface area contributed by atoms with Gasteiger partial charge < -0.3 is 25.4 Å². The van der Waals surface area contributed by atoms with Crippen molar-refractivity contribution in [2.45, 2.75) is 32.0 Å². The molecule has 0 saturated carbocycles. The molecule has 0 atom stereocenters. The number of benzene rings is 2. The number of carbonyl (C=O) groups excluding carboxylic acids is 1. The molecule has 0 unspecified atom stereocenters. The van der Waals surface area contributed by atoms with Crippen LogP contribution in [-0.2, 0) is 13.2 Å². The van der Waals surface area contributed by atoms with Crippen molar-refractivity contribution in [3.05, 3.63) is 59.7 Å². The Labute approximate surface area is 172 Å². The third kappa shape index (κ3) is 6.62. The Bertz CT molecular complexity index is 737. The number of hydrogen-bond donors (Lipinski definition) is 3. The van der Waals surface area contributed by atoms with E-state index in [9.17, 15) is 4.79 Å². The van der Waals surface area contributed by atoms with Gasteiger partial charge in [-0.05, 0) is 49.2 Å². The molecular formula is C21H28ClN3O3. The lowest BCUT2D eigenvalue weighted by Crippen LogP contribution is -2.46. The molecule has 2 aromatic carbocycles. The molecule has 0 aromatic heterocycles. The molecule has 3 N–H and O–H groups in total. The first-order valence-corrected chi connectivity index (χ1v) is 9.33. The van der Waals surface area contributed by atoms with Crippen molar-refractivity contribution >= 4 is 18.4 Å². The number of carbonyl (C=O) groups is 1. The number of piperidine rings is 1. The number of halogens is 1. The Morgan fingerprint density at radius 2 is 1.82 bits per heavy atom. The predicted octanol–water partition coefficient (Wildman–Crippen LogP) is 3.25. The minimum Gasteiger partial charge on any atom is -0.493 e. The zero-order valence-electron chi connectivity index (χ0n) is 16.1. The van der Waals surface area contributed by atoms with E-state index in [1.807, 2.05) is 48.5 Å². The lowest BCUT2D eigenvalue weighted by molar-refractivity contribution is 0.233. The summed E-state index contributed by atoms with van der Waals surface area (Å²) in [6, 6.07) is 15.8. The van der Waals surface area contributed by atoms with Crippen LogP contribution in [0.5, 0.6) is 11.5 Å². The highest BCUT2D eigenvalue weighted by atomic mass is 35.5. The van der Waals surface area contributed by atoms with E-state index in [2.05, 4.69) is 16.0 Å². The van der Waals surface area contributed by atoms with Crippen LogP contribution in [0.15, 0.2) is 48.5 Å². The number of methoxy groups -OCH3 is 1. The van der Waals surface area contributed by atoms with Crippen LogP contribution in [0.3, 0.4) is 0 Å².